The Hall–Kier alpha value is -2.50. The molecule has 1 heterocycles. The molecule has 0 aliphatic heterocycles. The third kappa shape index (κ3) is 5.00. The number of furan rings is 1. The van der Waals surface area contributed by atoms with Crippen LogP contribution in [0, 0.1) is 0 Å². The van der Waals surface area contributed by atoms with Gasteiger partial charge in [0, 0.05) is 28.4 Å². The third-order valence-electron chi connectivity index (χ3n) is 3.77. The van der Waals surface area contributed by atoms with Crippen molar-refractivity contribution in [2.45, 2.75) is 17.2 Å². The predicted molar refractivity (Wildman–Crippen MR) is 106 cm³/mol. The number of nitrogens with one attached hydrogen (secondary N) is 1. The predicted octanol–water partition coefficient (Wildman–Crippen LogP) is 4.89. The first-order chi connectivity index (χ1) is 12.6. The summed E-state index contributed by atoms with van der Waals surface area (Å²) in [5.74, 6) is 0.830. The molecule has 0 radical (unpaired) electrons. The van der Waals surface area contributed by atoms with Crippen molar-refractivity contribution in [1.29, 1.82) is 0 Å². The molecule has 0 saturated heterocycles. The van der Waals surface area contributed by atoms with Crippen LogP contribution in [0.3, 0.4) is 0 Å². The van der Waals surface area contributed by atoms with Crippen molar-refractivity contribution < 1.29 is 9.21 Å². The van der Waals surface area contributed by atoms with Crippen LogP contribution in [0.25, 0.3) is 0 Å². The molecule has 0 atom stereocenters. The Balaban J connectivity index is 1.66. The van der Waals surface area contributed by atoms with Gasteiger partial charge in [0.2, 0.25) is 0 Å². The molecule has 0 saturated carbocycles. The highest BCUT2D eigenvalue weighted by molar-refractivity contribution is 7.98. The maximum absolute atomic E-state index is 12.6. The number of carbonyl (C=O) groups is 1. The summed E-state index contributed by atoms with van der Waals surface area (Å²) >= 11 is 1.68. The molecular formula is C21H22N2O2S. The molecule has 134 valence electrons. The minimum Gasteiger partial charge on any atom is -0.459 e. The average Bonchev–Trinajstić information content (AvgIpc) is 3.09. The maximum Gasteiger partial charge on any atom is 0.291 e. The van der Waals surface area contributed by atoms with Crippen molar-refractivity contribution in [3.05, 3.63) is 83.8 Å². The lowest BCUT2D eigenvalue weighted by atomic mass is 10.2. The van der Waals surface area contributed by atoms with Crippen molar-refractivity contribution in [1.82, 2.24) is 4.90 Å². The number of hydrogen-bond donors (Lipinski definition) is 1. The van der Waals surface area contributed by atoms with Crippen molar-refractivity contribution in [3.8, 4) is 0 Å². The van der Waals surface area contributed by atoms with Crippen LogP contribution in [0.2, 0.25) is 0 Å². The number of thioether (sulfide) groups is 1. The van der Waals surface area contributed by atoms with E-state index in [0.717, 1.165) is 28.3 Å². The zero-order valence-corrected chi connectivity index (χ0v) is 15.8. The average molecular weight is 366 g/mol. The second-order valence-electron chi connectivity index (χ2n) is 6.27. The van der Waals surface area contributed by atoms with Gasteiger partial charge in [-0.3, -0.25) is 4.79 Å². The van der Waals surface area contributed by atoms with E-state index in [-0.39, 0.29) is 5.91 Å². The topological polar surface area (TPSA) is 45.5 Å². The zero-order valence-electron chi connectivity index (χ0n) is 14.9. The second-order valence-corrected chi connectivity index (χ2v) is 7.32. The lowest BCUT2D eigenvalue weighted by molar-refractivity contribution is 0.0996. The van der Waals surface area contributed by atoms with E-state index in [0.29, 0.717) is 11.5 Å². The van der Waals surface area contributed by atoms with E-state index in [1.165, 1.54) is 0 Å². The molecule has 4 nitrogen and oxygen atoms in total. The van der Waals surface area contributed by atoms with Crippen LogP contribution < -0.4 is 5.32 Å². The Morgan fingerprint density at radius 2 is 1.88 bits per heavy atom. The molecule has 0 fully saturated rings. The van der Waals surface area contributed by atoms with Gasteiger partial charge in [0.1, 0.15) is 0 Å². The Morgan fingerprint density at radius 3 is 2.65 bits per heavy atom. The molecule has 0 spiro atoms. The standard InChI is InChI=1S/C21H22N2O2S/c1-23(2)14-16-7-6-8-18(13-16)22-21(24)20-17(11-12-25-20)15-26-19-9-4-3-5-10-19/h3-13H,14-15H2,1-2H3,(H,22,24). The van der Waals surface area contributed by atoms with Crippen LogP contribution in [0.4, 0.5) is 5.69 Å². The quantitative estimate of drug-likeness (QED) is 0.605. The van der Waals surface area contributed by atoms with Gasteiger partial charge in [-0.1, -0.05) is 30.3 Å². The number of hydrogen-bond acceptors (Lipinski definition) is 4. The van der Waals surface area contributed by atoms with E-state index in [4.69, 9.17) is 4.42 Å². The molecule has 3 rings (SSSR count). The highest BCUT2D eigenvalue weighted by Gasteiger charge is 2.16. The number of anilines is 1. The Labute approximate surface area is 158 Å². The first kappa shape index (κ1) is 18.3. The Morgan fingerprint density at radius 1 is 1.08 bits per heavy atom. The largest absolute Gasteiger partial charge is 0.459 e. The van der Waals surface area contributed by atoms with E-state index < -0.39 is 0 Å². The minimum atomic E-state index is -0.222. The molecule has 0 aliphatic rings. The van der Waals surface area contributed by atoms with Gasteiger partial charge < -0.3 is 14.6 Å². The van der Waals surface area contributed by atoms with Crippen LogP contribution in [-0.4, -0.2) is 24.9 Å². The lowest BCUT2D eigenvalue weighted by Crippen LogP contribution is -2.14. The summed E-state index contributed by atoms with van der Waals surface area (Å²) in [6.07, 6.45) is 1.57. The van der Waals surface area contributed by atoms with Crippen LogP contribution >= 0.6 is 11.8 Å². The summed E-state index contributed by atoms with van der Waals surface area (Å²) in [5, 5.41) is 2.94. The van der Waals surface area contributed by atoms with Gasteiger partial charge in [-0.25, -0.2) is 0 Å². The van der Waals surface area contributed by atoms with Crippen molar-refractivity contribution in [3.63, 3.8) is 0 Å². The number of carbonyl (C=O) groups excluding carboxylic acids is 1. The van der Waals surface area contributed by atoms with Gasteiger partial charge >= 0.3 is 0 Å². The van der Waals surface area contributed by atoms with Gasteiger partial charge in [-0.15, -0.1) is 11.8 Å². The first-order valence-electron chi connectivity index (χ1n) is 8.41. The second kappa shape index (κ2) is 8.74. The van der Waals surface area contributed by atoms with Crippen LogP contribution in [-0.2, 0) is 12.3 Å². The summed E-state index contributed by atoms with van der Waals surface area (Å²) < 4.78 is 5.45. The Kier molecular flexibility index (Phi) is 6.15. The van der Waals surface area contributed by atoms with Gasteiger partial charge in [-0.2, -0.15) is 0 Å². The number of nitrogens with zero attached hydrogens (tertiary/aromatic N) is 1. The number of amides is 1. The van der Waals surface area contributed by atoms with Gasteiger partial charge in [0.25, 0.3) is 5.91 Å². The summed E-state index contributed by atoms with van der Waals surface area (Å²) in [4.78, 5) is 15.9. The molecule has 26 heavy (non-hydrogen) atoms. The SMILES string of the molecule is CN(C)Cc1cccc(NC(=O)c2occc2CSc2ccccc2)c1. The molecule has 0 bridgehead atoms. The van der Waals surface area contributed by atoms with E-state index in [9.17, 15) is 4.79 Å². The zero-order chi connectivity index (χ0) is 18.4. The van der Waals surface area contributed by atoms with Gasteiger partial charge in [-0.05, 0) is 50.0 Å². The van der Waals surface area contributed by atoms with Crippen LogP contribution in [0.15, 0.2) is 76.2 Å². The molecule has 5 heteroatoms. The van der Waals surface area contributed by atoms with Crippen molar-refractivity contribution >= 4 is 23.4 Å². The molecule has 1 amide bonds. The first-order valence-corrected chi connectivity index (χ1v) is 9.39. The summed E-state index contributed by atoms with van der Waals surface area (Å²) in [5.41, 5.74) is 2.81. The molecule has 3 aromatic rings. The maximum atomic E-state index is 12.6. The van der Waals surface area contributed by atoms with Gasteiger partial charge in [0.15, 0.2) is 5.76 Å². The summed E-state index contributed by atoms with van der Waals surface area (Å²) in [6, 6.07) is 19.8. The highest BCUT2D eigenvalue weighted by Crippen LogP contribution is 2.25. The molecule has 2 aromatic carbocycles. The molecule has 1 N–H and O–H groups in total. The Bertz CT molecular complexity index is 859. The molecule has 0 aliphatic carbocycles. The number of benzene rings is 2. The van der Waals surface area contributed by atoms with E-state index >= 15 is 0 Å². The monoisotopic (exact) mass is 366 g/mol. The highest BCUT2D eigenvalue weighted by atomic mass is 32.2. The van der Waals surface area contributed by atoms with E-state index in [1.807, 2.05) is 62.6 Å². The normalized spacial score (nSPS) is 10.9. The minimum absolute atomic E-state index is 0.222. The van der Waals surface area contributed by atoms with E-state index in [2.05, 4.69) is 22.3 Å². The smallest absolute Gasteiger partial charge is 0.291 e. The molecule has 1 aromatic heterocycles. The summed E-state index contributed by atoms with van der Waals surface area (Å²) in [6.45, 7) is 0.823. The third-order valence-corrected chi connectivity index (χ3v) is 4.84. The fourth-order valence-electron chi connectivity index (χ4n) is 2.63. The number of rotatable bonds is 7. The fourth-order valence-corrected chi connectivity index (χ4v) is 3.53. The summed E-state index contributed by atoms with van der Waals surface area (Å²) in [7, 11) is 4.04. The van der Waals surface area contributed by atoms with Gasteiger partial charge in [0.05, 0.1) is 6.26 Å². The molecular weight excluding hydrogens is 344 g/mol. The molecule has 0 unspecified atom stereocenters. The van der Waals surface area contributed by atoms with Crippen molar-refractivity contribution in [2.75, 3.05) is 19.4 Å². The van der Waals surface area contributed by atoms with Crippen LogP contribution in [0.5, 0.6) is 0 Å². The van der Waals surface area contributed by atoms with E-state index in [1.54, 1.807) is 18.0 Å². The van der Waals surface area contributed by atoms with Crippen LogP contribution in [0.1, 0.15) is 21.7 Å². The fraction of sp³-hybridized carbons (Fsp3) is 0.190. The van der Waals surface area contributed by atoms with Crippen molar-refractivity contribution in [2.24, 2.45) is 0 Å². The lowest BCUT2D eigenvalue weighted by Gasteiger charge is -2.11.